The number of amides is 1. The fourth-order valence-corrected chi connectivity index (χ4v) is 4.64. The van der Waals surface area contributed by atoms with Crippen LogP contribution in [0.4, 0.5) is 0 Å². The number of hydrogen-bond acceptors (Lipinski definition) is 6. The van der Waals surface area contributed by atoms with Crippen LogP contribution in [-0.2, 0) is 27.2 Å². The quantitative estimate of drug-likeness (QED) is 0.476. The van der Waals surface area contributed by atoms with Gasteiger partial charge in [-0.3, -0.25) is 9.69 Å². The third-order valence-corrected chi connectivity index (χ3v) is 6.58. The lowest BCUT2D eigenvalue weighted by molar-refractivity contribution is -0.142. The van der Waals surface area contributed by atoms with Crippen molar-refractivity contribution in [3.8, 4) is 5.75 Å². The third kappa shape index (κ3) is 5.66. The van der Waals surface area contributed by atoms with Gasteiger partial charge in [-0.05, 0) is 24.6 Å². The van der Waals surface area contributed by atoms with Gasteiger partial charge in [0.2, 0.25) is 0 Å². The first-order chi connectivity index (χ1) is 17.0. The number of esters is 1. The van der Waals surface area contributed by atoms with E-state index in [1.54, 1.807) is 7.11 Å². The molecule has 1 saturated heterocycles. The first-order valence-electron chi connectivity index (χ1n) is 11.9. The molecule has 1 amide bonds. The van der Waals surface area contributed by atoms with E-state index in [0.717, 1.165) is 67.3 Å². The van der Waals surface area contributed by atoms with Gasteiger partial charge in [0.1, 0.15) is 11.8 Å². The molecule has 0 radical (unpaired) electrons. The molecule has 0 saturated carbocycles. The lowest BCUT2D eigenvalue weighted by Crippen LogP contribution is -2.43. The molecule has 0 bridgehead atoms. The first kappa shape index (κ1) is 24.8. The summed E-state index contributed by atoms with van der Waals surface area (Å²) in [7, 11) is 2.97. The Morgan fingerprint density at radius 3 is 2.49 bits per heavy atom. The van der Waals surface area contributed by atoms with Gasteiger partial charge in [0.25, 0.3) is 5.91 Å². The summed E-state index contributed by atoms with van der Waals surface area (Å²) in [5.41, 5.74) is 3.28. The molecule has 1 fully saturated rings. The van der Waals surface area contributed by atoms with Crippen molar-refractivity contribution in [3.05, 3.63) is 65.4 Å². The highest BCUT2D eigenvalue weighted by Gasteiger charge is 2.27. The number of rotatable bonds is 9. The van der Waals surface area contributed by atoms with Crippen LogP contribution in [0.5, 0.6) is 5.75 Å². The second kappa shape index (κ2) is 11.4. The van der Waals surface area contributed by atoms with Crippen LogP contribution < -0.4 is 10.1 Å². The molecule has 1 N–H and O–H groups in total. The summed E-state index contributed by atoms with van der Waals surface area (Å²) < 4.78 is 18.1. The van der Waals surface area contributed by atoms with Gasteiger partial charge in [0.15, 0.2) is 0 Å². The number of aromatic nitrogens is 1. The summed E-state index contributed by atoms with van der Waals surface area (Å²) in [6.07, 6.45) is 0.349. The third-order valence-electron chi connectivity index (χ3n) is 6.58. The van der Waals surface area contributed by atoms with Gasteiger partial charge < -0.3 is 24.1 Å². The van der Waals surface area contributed by atoms with Crippen molar-refractivity contribution in [2.24, 2.45) is 0 Å². The van der Waals surface area contributed by atoms with Crippen molar-refractivity contribution < 1.29 is 23.8 Å². The van der Waals surface area contributed by atoms with E-state index in [4.69, 9.17) is 14.2 Å². The fraction of sp³-hybridized carbons (Fsp3) is 0.407. The summed E-state index contributed by atoms with van der Waals surface area (Å²) in [5.74, 6) is -0.0437. The standard InChI is InChI=1S/C27H33N3O5/c1-19-25(26(31)28-23(27(32)34-3)17-20-7-5-4-6-8-20)22-10-9-21(33-2)18-24(22)30(19)12-11-29-13-15-35-16-14-29/h4-10,18,23H,11-17H2,1-3H3,(H,28,31). The molecule has 3 aromatic rings. The zero-order valence-corrected chi connectivity index (χ0v) is 20.6. The Hall–Kier alpha value is -3.36. The maximum Gasteiger partial charge on any atom is 0.328 e. The SMILES string of the molecule is COC(=O)C(Cc1ccccc1)NC(=O)c1c(C)n(CCN2CCOCC2)c2cc(OC)ccc12. The molecule has 1 aliphatic heterocycles. The van der Waals surface area contributed by atoms with Gasteiger partial charge in [-0.2, -0.15) is 0 Å². The molecular formula is C27H33N3O5. The van der Waals surface area contributed by atoms with Crippen molar-refractivity contribution in [1.82, 2.24) is 14.8 Å². The van der Waals surface area contributed by atoms with Gasteiger partial charge in [0.05, 0.1) is 38.5 Å². The van der Waals surface area contributed by atoms with Crippen molar-refractivity contribution in [2.45, 2.75) is 25.9 Å². The second-order valence-corrected chi connectivity index (χ2v) is 8.69. The number of hydrogen-bond donors (Lipinski definition) is 1. The average molecular weight is 480 g/mol. The predicted octanol–water partition coefficient (Wildman–Crippen LogP) is 2.80. The zero-order chi connectivity index (χ0) is 24.8. The Morgan fingerprint density at radius 2 is 1.80 bits per heavy atom. The lowest BCUT2D eigenvalue weighted by atomic mass is 10.0. The van der Waals surface area contributed by atoms with Crippen LogP contribution in [0, 0.1) is 6.92 Å². The molecule has 35 heavy (non-hydrogen) atoms. The Kier molecular flexibility index (Phi) is 8.05. The van der Waals surface area contributed by atoms with Crippen LogP contribution >= 0.6 is 0 Å². The zero-order valence-electron chi connectivity index (χ0n) is 20.6. The molecule has 2 heterocycles. The van der Waals surface area contributed by atoms with Crippen LogP contribution in [0.1, 0.15) is 21.6 Å². The number of carbonyl (C=O) groups is 2. The fourth-order valence-electron chi connectivity index (χ4n) is 4.64. The molecule has 8 heteroatoms. The van der Waals surface area contributed by atoms with Crippen LogP contribution in [0.3, 0.4) is 0 Å². The summed E-state index contributed by atoms with van der Waals surface area (Å²) in [6.45, 7) is 6.81. The molecule has 2 aromatic carbocycles. The van der Waals surface area contributed by atoms with E-state index in [2.05, 4.69) is 14.8 Å². The Labute approximate surface area is 205 Å². The minimum Gasteiger partial charge on any atom is -0.497 e. The second-order valence-electron chi connectivity index (χ2n) is 8.69. The van der Waals surface area contributed by atoms with Crippen LogP contribution in [-0.4, -0.2) is 74.5 Å². The van der Waals surface area contributed by atoms with Gasteiger partial charge in [-0.15, -0.1) is 0 Å². The number of morpholine rings is 1. The van der Waals surface area contributed by atoms with Crippen LogP contribution in [0.2, 0.25) is 0 Å². The summed E-state index contributed by atoms with van der Waals surface area (Å²) in [6, 6.07) is 14.5. The van der Waals surface area contributed by atoms with E-state index in [0.29, 0.717) is 12.0 Å². The van der Waals surface area contributed by atoms with E-state index in [1.165, 1.54) is 7.11 Å². The normalized spacial score (nSPS) is 15.1. The molecule has 186 valence electrons. The topological polar surface area (TPSA) is 82.0 Å². The van der Waals surface area contributed by atoms with Crippen molar-refractivity contribution in [2.75, 3.05) is 47.1 Å². The molecule has 1 unspecified atom stereocenters. The molecule has 0 spiro atoms. The van der Waals surface area contributed by atoms with Crippen molar-refractivity contribution >= 4 is 22.8 Å². The number of ether oxygens (including phenoxy) is 3. The first-order valence-corrected chi connectivity index (χ1v) is 11.9. The monoisotopic (exact) mass is 479 g/mol. The van der Waals surface area contributed by atoms with Crippen molar-refractivity contribution in [3.63, 3.8) is 0 Å². The summed E-state index contributed by atoms with van der Waals surface area (Å²) in [5, 5.41) is 3.75. The number of carbonyl (C=O) groups excluding carboxylic acids is 2. The van der Waals surface area contributed by atoms with Gasteiger partial charge in [-0.1, -0.05) is 30.3 Å². The van der Waals surface area contributed by atoms with Crippen LogP contribution in [0.15, 0.2) is 48.5 Å². The van der Waals surface area contributed by atoms with Crippen LogP contribution in [0.25, 0.3) is 10.9 Å². The molecule has 8 nitrogen and oxygen atoms in total. The average Bonchev–Trinajstić information content (AvgIpc) is 3.17. The van der Waals surface area contributed by atoms with E-state index in [-0.39, 0.29) is 5.91 Å². The maximum absolute atomic E-state index is 13.6. The molecule has 1 aromatic heterocycles. The number of methoxy groups -OCH3 is 2. The summed E-state index contributed by atoms with van der Waals surface area (Å²) >= 11 is 0. The highest BCUT2D eigenvalue weighted by Crippen LogP contribution is 2.29. The maximum atomic E-state index is 13.6. The molecule has 1 atom stereocenters. The minimum absolute atomic E-state index is 0.297. The van der Waals surface area contributed by atoms with Crippen molar-refractivity contribution in [1.29, 1.82) is 0 Å². The molecular weight excluding hydrogens is 446 g/mol. The summed E-state index contributed by atoms with van der Waals surface area (Å²) in [4.78, 5) is 28.5. The Bertz CT molecular complexity index is 1170. The van der Waals surface area contributed by atoms with E-state index in [9.17, 15) is 9.59 Å². The number of fused-ring (bicyclic) bond motifs is 1. The smallest absolute Gasteiger partial charge is 0.328 e. The van der Waals surface area contributed by atoms with E-state index >= 15 is 0 Å². The van der Waals surface area contributed by atoms with E-state index in [1.807, 2.05) is 55.5 Å². The minimum atomic E-state index is -0.792. The Balaban J connectivity index is 1.64. The number of nitrogens with zero attached hydrogens (tertiary/aromatic N) is 2. The molecule has 0 aliphatic carbocycles. The molecule has 1 aliphatic rings. The highest BCUT2D eigenvalue weighted by atomic mass is 16.5. The molecule has 4 rings (SSSR count). The largest absolute Gasteiger partial charge is 0.497 e. The van der Waals surface area contributed by atoms with E-state index < -0.39 is 12.0 Å². The van der Waals surface area contributed by atoms with Gasteiger partial charge in [-0.25, -0.2) is 4.79 Å². The van der Waals surface area contributed by atoms with Gasteiger partial charge >= 0.3 is 5.97 Å². The lowest BCUT2D eigenvalue weighted by Gasteiger charge is -2.27. The Morgan fingerprint density at radius 1 is 1.06 bits per heavy atom. The highest BCUT2D eigenvalue weighted by molar-refractivity contribution is 6.09. The van der Waals surface area contributed by atoms with Gasteiger partial charge in [0, 0.05) is 49.7 Å². The predicted molar refractivity (Wildman–Crippen MR) is 134 cm³/mol. The number of benzene rings is 2. The number of nitrogens with one attached hydrogen (secondary N) is 1.